The highest BCUT2D eigenvalue weighted by Crippen LogP contribution is 2.34. The molecule has 1 aromatic carbocycles. The van der Waals surface area contributed by atoms with Crippen LogP contribution in [0.15, 0.2) is 18.2 Å². The number of benzene rings is 1. The SMILES string of the molecule is CCCNC(CC(F)(F)F)c1cc(Cl)ccc1Cl. The molecular weight excluding hydrogens is 286 g/mol. The van der Waals surface area contributed by atoms with Gasteiger partial charge in [-0.25, -0.2) is 0 Å². The normalized spacial score (nSPS) is 13.7. The van der Waals surface area contributed by atoms with Gasteiger partial charge in [0.1, 0.15) is 0 Å². The number of nitrogens with one attached hydrogen (secondary N) is 1. The lowest BCUT2D eigenvalue weighted by Gasteiger charge is -2.21. The van der Waals surface area contributed by atoms with Crippen molar-refractivity contribution < 1.29 is 13.2 Å². The molecule has 0 spiro atoms. The van der Waals surface area contributed by atoms with Gasteiger partial charge in [0.05, 0.1) is 6.42 Å². The minimum atomic E-state index is -4.25. The summed E-state index contributed by atoms with van der Waals surface area (Å²) in [7, 11) is 0. The lowest BCUT2D eigenvalue weighted by molar-refractivity contribution is -0.140. The van der Waals surface area contributed by atoms with E-state index in [4.69, 9.17) is 23.2 Å². The van der Waals surface area contributed by atoms with Gasteiger partial charge in [0.25, 0.3) is 0 Å². The van der Waals surface area contributed by atoms with Crippen LogP contribution in [0.5, 0.6) is 0 Å². The topological polar surface area (TPSA) is 12.0 Å². The Morgan fingerprint density at radius 2 is 1.94 bits per heavy atom. The van der Waals surface area contributed by atoms with Crippen LogP contribution in [0.3, 0.4) is 0 Å². The van der Waals surface area contributed by atoms with Gasteiger partial charge in [-0.15, -0.1) is 0 Å². The molecule has 0 radical (unpaired) electrons. The molecule has 1 nitrogen and oxygen atoms in total. The number of hydrogen-bond acceptors (Lipinski definition) is 1. The first kappa shape index (κ1) is 15.6. The molecule has 1 unspecified atom stereocenters. The Morgan fingerprint density at radius 3 is 2.50 bits per heavy atom. The van der Waals surface area contributed by atoms with Crippen LogP contribution in [0.2, 0.25) is 10.0 Å². The summed E-state index contributed by atoms with van der Waals surface area (Å²) in [5, 5.41) is 3.51. The molecule has 102 valence electrons. The van der Waals surface area contributed by atoms with Gasteiger partial charge in [-0.3, -0.25) is 0 Å². The third-order valence-corrected chi connectivity index (χ3v) is 2.99. The van der Waals surface area contributed by atoms with Crippen molar-refractivity contribution >= 4 is 23.2 Å². The maximum atomic E-state index is 12.5. The second-order valence-electron chi connectivity index (χ2n) is 3.99. The van der Waals surface area contributed by atoms with E-state index in [2.05, 4.69) is 5.32 Å². The maximum absolute atomic E-state index is 12.5. The fraction of sp³-hybridized carbons (Fsp3) is 0.500. The molecule has 1 atom stereocenters. The summed E-state index contributed by atoms with van der Waals surface area (Å²) in [5.74, 6) is 0. The van der Waals surface area contributed by atoms with Crippen molar-refractivity contribution in [1.82, 2.24) is 5.32 Å². The van der Waals surface area contributed by atoms with E-state index in [0.29, 0.717) is 17.1 Å². The van der Waals surface area contributed by atoms with Gasteiger partial charge >= 0.3 is 6.18 Å². The summed E-state index contributed by atoms with van der Waals surface area (Å²) in [4.78, 5) is 0. The number of hydrogen-bond donors (Lipinski definition) is 1. The summed E-state index contributed by atoms with van der Waals surface area (Å²) < 4.78 is 37.6. The minimum Gasteiger partial charge on any atom is -0.310 e. The Kier molecular flexibility index (Phi) is 5.76. The van der Waals surface area contributed by atoms with Crippen LogP contribution >= 0.6 is 23.2 Å². The summed E-state index contributed by atoms with van der Waals surface area (Å²) in [6.45, 7) is 2.38. The largest absolute Gasteiger partial charge is 0.390 e. The van der Waals surface area contributed by atoms with E-state index in [-0.39, 0.29) is 5.02 Å². The molecule has 0 saturated heterocycles. The summed E-state index contributed by atoms with van der Waals surface area (Å²) in [6, 6.07) is 3.67. The summed E-state index contributed by atoms with van der Waals surface area (Å²) >= 11 is 11.7. The van der Waals surface area contributed by atoms with Gasteiger partial charge in [0.2, 0.25) is 0 Å². The average Bonchev–Trinajstić information content (AvgIpc) is 2.26. The van der Waals surface area contributed by atoms with E-state index in [9.17, 15) is 13.2 Å². The standard InChI is InChI=1S/C12H14Cl2F3N/c1-2-5-18-11(7-12(15,16)17)9-6-8(13)3-4-10(9)14/h3-4,6,11,18H,2,5,7H2,1H3. The van der Waals surface area contributed by atoms with Gasteiger partial charge < -0.3 is 5.32 Å². The minimum absolute atomic E-state index is 0.289. The van der Waals surface area contributed by atoms with Crippen molar-refractivity contribution in [2.75, 3.05) is 6.54 Å². The van der Waals surface area contributed by atoms with Crippen LogP contribution in [-0.2, 0) is 0 Å². The average molecular weight is 300 g/mol. The van der Waals surface area contributed by atoms with Gasteiger partial charge in [-0.05, 0) is 36.7 Å². The molecule has 18 heavy (non-hydrogen) atoms. The Morgan fingerprint density at radius 1 is 1.28 bits per heavy atom. The second kappa shape index (κ2) is 6.64. The molecule has 1 rings (SSSR count). The summed E-state index contributed by atoms with van der Waals surface area (Å²) in [6.07, 6.45) is -4.48. The van der Waals surface area contributed by atoms with E-state index in [1.807, 2.05) is 6.92 Å². The smallest absolute Gasteiger partial charge is 0.310 e. The zero-order valence-corrected chi connectivity index (χ0v) is 11.3. The molecule has 0 aliphatic carbocycles. The zero-order chi connectivity index (χ0) is 13.8. The molecule has 0 aliphatic heterocycles. The van der Waals surface area contributed by atoms with Gasteiger partial charge in [0, 0.05) is 16.1 Å². The molecule has 1 aromatic rings. The van der Waals surface area contributed by atoms with Crippen LogP contribution in [0, 0.1) is 0 Å². The van der Waals surface area contributed by atoms with Gasteiger partial charge in [-0.1, -0.05) is 30.1 Å². The van der Waals surface area contributed by atoms with Crippen LogP contribution in [-0.4, -0.2) is 12.7 Å². The van der Waals surface area contributed by atoms with E-state index >= 15 is 0 Å². The predicted octanol–water partition coefficient (Wildman–Crippen LogP) is 4.99. The van der Waals surface area contributed by atoms with Crippen molar-refractivity contribution in [3.05, 3.63) is 33.8 Å². The highest BCUT2D eigenvalue weighted by atomic mass is 35.5. The van der Waals surface area contributed by atoms with Crippen molar-refractivity contribution in [3.63, 3.8) is 0 Å². The van der Waals surface area contributed by atoms with Crippen molar-refractivity contribution in [3.8, 4) is 0 Å². The molecule has 0 saturated carbocycles. The molecule has 0 heterocycles. The van der Waals surface area contributed by atoms with Crippen molar-refractivity contribution in [2.45, 2.75) is 32.0 Å². The fourth-order valence-corrected chi connectivity index (χ4v) is 2.05. The lowest BCUT2D eigenvalue weighted by Crippen LogP contribution is -2.27. The summed E-state index contributed by atoms with van der Waals surface area (Å²) in [5.41, 5.74) is 0.384. The number of alkyl halides is 3. The highest BCUT2D eigenvalue weighted by molar-refractivity contribution is 6.33. The number of rotatable bonds is 5. The van der Waals surface area contributed by atoms with E-state index < -0.39 is 18.6 Å². The molecule has 0 bridgehead atoms. The maximum Gasteiger partial charge on any atom is 0.390 e. The predicted molar refractivity (Wildman–Crippen MR) is 68.2 cm³/mol. The first-order chi connectivity index (χ1) is 8.33. The Balaban J connectivity index is 2.97. The monoisotopic (exact) mass is 299 g/mol. The molecule has 0 aliphatic rings. The number of halogens is 5. The highest BCUT2D eigenvalue weighted by Gasteiger charge is 2.33. The fourth-order valence-electron chi connectivity index (χ4n) is 1.62. The quantitative estimate of drug-likeness (QED) is 0.808. The van der Waals surface area contributed by atoms with Crippen LogP contribution < -0.4 is 5.32 Å². The molecule has 0 fully saturated rings. The van der Waals surface area contributed by atoms with Gasteiger partial charge in [0.15, 0.2) is 0 Å². The van der Waals surface area contributed by atoms with E-state index in [1.165, 1.54) is 12.1 Å². The molecule has 6 heteroatoms. The first-order valence-corrected chi connectivity index (χ1v) is 6.34. The van der Waals surface area contributed by atoms with Crippen LogP contribution in [0.1, 0.15) is 31.4 Å². The van der Waals surface area contributed by atoms with Gasteiger partial charge in [-0.2, -0.15) is 13.2 Å². The van der Waals surface area contributed by atoms with Crippen LogP contribution in [0.25, 0.3) is 0 Å². The van der Waals surface area contributed by atoms with Crippen LogP contribution in [0.4, 0.5) is 13.2 Å². The third-order valence-electron chi connectivity index (χ3n) is 2.41. The third kappa shape index (κ3) is 5.04. The molecule has 1 N–H and O–H groups in total. The van der Waals surface area contributed by atoms with Crippen molar-refractivity contribution in [1.29, 1.82) is 0 Å². The van der Waals surface area contributed by atoms with E-state index in [1.54, 1.807) is 6.07 Å². The second-order valence-corrected chi connectivity index (χ2v) is 4.84. The first-order valence-electron chi connectivity index (χ1n) is 5.58. The Labute approximate surface area is 114 Å². The Bertz CT molecular complexity index is 393. The lowest BCUT2D eigenvalue weighted by atomic mass is 10.0. The Hall–Kier alpha value is -0.450. The van der Waals surface area contributed by atoms with Crippen molar-refractivity contribution in [2.24, 2.45) is 0 Å². The molecule has 0 amide bonds. The molecular formula is C12H14Cl2F3N. The van der Waals surface area contributed by atoms with E-state index in [0.717, 1.165) is 6.42 Å². The molecule has 0 aromatic heterocycles. The zero-order valence-electron chi connectivity index (χ0n) is 9.82.